The molecule has 0 aliphatic rings. The summed E-state index contributed by atoms with van der Waals surface area (Å²) in [6.45, 7) is 0.975. The highest BCUT2D eigenvalue weighted by Gasteiger charge is 2.18. The molecular formula is C16H13Cl3N2O5S. The molecule has 1 N–H and O–H groups in total. The lowest BCUT2D eigenvalue weighted by Crippen LogP contribution is -2.22. The number of anilines is 1. The molecule has 0 aliphatic carbocycles. The highest BCUT2D eigenvalue weighted by atomic mass is 35.5. The summed E-state index contributed by atoms with van der Waals surface area (Å²) in [5.74, 6) is -1.58. The van der Waals surface area contributed by atoms with Gasteiger partial charge in [0.1, 0.15) is 0 Å². The van der Waals surface area contributed by atoms with Crippen molar-refractivity contribution >= 4 is 62.3 Å². The second-order valence-corrected chi connectivity index (χ2v) is 8.66. The first-order valence-corrected chi connectivity index (χ1v) is 10.3. The topological polar surface area (TPSA) is 102 Å². The summed E-state index contributed by atoms with van der Waals surface area (Å²) in [4.78, 5) is 28.0. The Morgan fingerprint density at radius 1 is 1.11 bits per heavy atom. The van der Waals surface area contributed by atoms with Gasteiger partial charge in [0.2, 0.25) is 0 Å². The van der Waals surface area contributed by atoms with Crippen LogP contribution in [0.15, 0.2) is 29.2 Å². The van der Waals surface area contributed by atoms with Crippen LogP contribution < -0.4 is 5.32 Å². The number of aromatic nitrogens is 1. The Hall–Kier alpha value is -1.87. The molecule has 0 aliphatic heterocycles. The Morgan fingerprint density at radius 3 is 2.41 bits per heavy atom. The summed E-state index contributed by atoms with van der Waals surface area (Å²) in [5, 5.41) is 2.84. The number of amides is 1. The number of hydrogen-bond acceptors (Lipinski definition) is 6. The molecule has 7 nitrogen and oxygen atoms in total. The summed E-state index contributed by atoms with van der Waals surface area (Å²) < 4.78 is 28.0. The lowest BCUT2D eigenvalue weighted by Gasteiger charge is -2.10. The van der Waals surface area contributed by atoms with Crippen LogP contribution in [-0.4, -0.2) is 38.1 Å². The molecule has 0 atom stereocenters. The molecule has 2 aromatic rings. The number of nitrogens with one attached hydrogen (secondary N) is 1. The molecule has 0 spiro atoms. The molecule has 1 aromatic heterocycles. The first-order chi connectivity index (χ1) is 12.5. The predicted octanol–water partition coefficient (Wildman–Crippen LogP) is 3.55. The minimum Gasteiger partial charge on any atom is -0.452 e. The third-order valence-corrected chi connectivity index (χ3v) is 5.39. The average Bonchev–Trinajstić information content (AvgIpc) is 2.57. The zero-order chi connectivity index (χ0) is 20.4. The molecule has 1 amide bonds. The zero-order valence-electron chi connectivity index (χ0n) is 14.0. The highest BCUT2D eigenvalue weighted by Crippen LogP contribution is 2.25. The highest BCUT2D eigenvalue weighted by molar-refractivity contribution is 7.90. The number of nitrogens with zero attached hydrogens (tertiary/aromatic N) is 1. The van der Waals surface area contributed by atoms with Crippen molar-refractivity contribution < 1.29 is 22.7 Å². The van der Waals surface area contributed by atoms with Crippen molar-refractivity contribution in [2.45, 2.75) is 11.8 Å². The quantitative estimate of drug-likeness (QED) is 0.697. The van der Waals surface area contributed by atoms with E-state index in [4.69, 9.17) is 39.5 Å². The molecule has 0 bridgehead atoms. The van der Waals surface area contributed by atoms with E-state index in [1.165, 1.54) is 18.2 Å². The van der Waals surface area contributed by atoms with E-state index < -0.39 is 28.3 Å². The van der Waals surface area contributed by atoms with E-state index in [1.807, 2.05) is 0 Å². The van der Waals surface area contributed by atoms with Crippen LogP contribution in [0.3, 0.4) is 0 Å². The fourth-order valence-electron chi connectivity index (χ4n) is 1.91. The van der Waals surface area contributed by atoms with Gasteiger partial charge in [-0.1, -0.05) is 34.8 Å². The molecule has 27 heavy (non-hydrogen) atoms. The molecule has 11 heteroatoms. The van der Waals surface area contributed by atoms with E-state index >= 15 is 0 Å². The van der Waals surface area contributed by atoms with Crippen LogP contribution in [0.5, 0.6) is 0 Å². The van der Waals surface area contributed by atoms with E-state index in [0.29, 0.717) is 10.7 Å². The van der Waals surface area contributed by atoms with E-state index in [0.717, 1.165) is 12.3 Å². The van der Waals surface area contributed by atoms with Gasteiger partial charge in [0, 0.05) is 6.26 Å². The molecule has 0 saturated heterocycles. The van der Waals surface area contributed by atoms with Gasteiger partial charge in [0.05, 0.1) is 31.2 Å². The number of sulfone groups is 1. The minimum atomic E-state index is -3.54. The van der Waals surface area contributed by atoms with Gasteiger partial charge in [-0.25, -0.2) is 18.2 Å². The Kier molecular flexibility index (Phi) is 6.69. The van der Waals surface area contributed by atoms with Gasteiger partial charge in [-0.15, -0.1) is 0 Å². The maximum atomic E-state index is 12.1. The number of halogens is 3. The molecule has 1 aromatic carbocycles. The summed E-state index contributed by atoms with van der Waals surface area (Å²) >= 11 is 17.7. The van der Waals surface area contributed by atoms with E-state index in [2.05, 4.69) is 10.3 Å². The average molecular weight is 452 g/mol. The number of carbonyl (C=O) groups excluding carboxylic acids is 2. The number of carbonyl (C=O) groups is 2. The standard InChI is InChI=1S/C16H13Cl3N2O5S/c1-8-12(18)6-13(19)15(20-8)21-14(22)7-26-16(23)10-5-9(27(2,24)25)3-4-11(10)17/h3-6H,7H2,1-2H3,(H,20,21,22). The Balaban J connectivity index is 2.08. The van der Waals surface area contributed by atoms with E-state index in [1.54, 1.807) is 6.92 Å². The van der Waals surface area contributed by atoms with Crippen molar-refractivity contribution in [1.82, 2.24) is 4.98 Å². The maximum Gasteiger partial charge on any atom is 0.340 e. The summed E-state index contributed by atoms with van der Waals surface area (Å²) in [7, 11) is -3.54. The first-order valence-electron chi connectivity index (χ1n) is 7.28. The van der Waals surface area contributed by atoms with Crippen LogP contribution in [0.1, 0.15) is 16.1 Å². The van der Waals surface area contributed by atoms with Crippen molar-refractivity contribution in [3.63, 3.8) is 0 Å². The van der Waals surface area contributed by atoms with Crippen molar-refractivity contribution in [3.8, 4) is 0 Å². The Morgan fingerprint density at radius 2 is 1.78 bits per heavy atom. The van der Waals surface area contributed by atoms with E-state index in [-0.39, 0.29) is 26.3 Å². The molecule has 0 unspecified atom stereocenters. The fourth-order valence-corrected chi connectivity index (χ4v) is 3.16. The minimum absolute atomic E-state index is 0.00848. The number of esters is 1. The molecule has 0 saturated carbocycles. The van der Waals surface area contributed by atoms with Gasteiger partial charge < -0.3 is 10.1 Å². The van der Waals surface area contributed by atoms with Gasteiger partial charge in [0.15, 0.2) is 22.3 Å². The van der Waals surface area contributed by atoms with Gasteiger partial charge >= 0.3 is 5.97 Å². The van der Waals surface area contributed by atoms with Crippen molar-refractivity contribution in [3.05, 3.63) is 50.6 Å². The maximum absolute atomic E-state index is 12.1. The first kappa shape index (κ1) is 21.4. The number of pyridine rings is 1. The number of ether oxygens (including phenoxy) is 1. The van der Waals surface area contributed by atoms with Crippen LogP contribution >= 0.6 is 34.8 Å². The normalized spacial score (nSPS) is 11.1. The van der Waals surface area contributed by atoms with Gasteiger partial charge in [-0.05, 0) is 31.2 Å². The molecular weight excluding hydrogens is 439 g/mol. The molecule has 144 valence electrons. The number of aryl methyl sites for hydroxylation is 1. The second-order valence-electron chi connectivity index (χ2n) is 5.42. The lowest BCUT2D eigenvalue weighted by atomic mass is 10.2. The Labute approximate surface area is 170 Å². The molecule has 2 rings (SSSR count). The van der Waals surface area contributed by atoms with Gasteiger partial charge in [-0.2, -0.15) is 0 Å². The van der Waals surface area contributed by atoms with Crippen LogP contribution in [0, 0.1) is 6.92 Å². The smallest absolute Gasteiger partial charge is 0.340 e. The summed E-state index contributed by atoms with van der Waals surface area (Å²) in [6.07, 6.45) is 0.990. The van der Waals surface area contributed by atoms with E-state index in [9.17, 15) is 18.0 Å². The van der Waals surface area contributed by atoms with Gasteiger partial charge in [-0.3, -0.25) is 4.79 Å². The summed E-state index contributed by atoms with van der Waals surface area (Å²) in [5.41, 5.74) is 0.281. The van der Waals surface area contributed by atoms with Crippen LogP contribution in [0.2, 0.25) is 15.1 Å². The Bertz CT molecular complexity index is 1020. The number of rotatable bonds is 5. The largest absolute Gasteiger partial charge is 0.452 e. The monoisotopic (exact) mass is 450 g/mol. The number of hydrogen-bond donors (Lipinski definition) is 1. The molecule has 0 radical (unpaired) electrons. The number of benzene rings is 1. The SMILES string of the molecule is Cc1nc(NC(=O)COC(=O)c2cc(S(C)(=O)=O)ccc2Cl)c(Cl)cc1Cl. The van der Waals surface area contributed by atoms with Crippen molar-refractivity contribution in [2.75, 3.05) is 18.2 Å². The lowest BCUT2D eigenvalue weighted by molar-refractivity contribution is -0.119. The molecule has 0 fully saturated rings. The molecule has 1 heterocycles. The fraction of sp³-hybridized carbons (Fsp3) is 0.188. The van der Waals surface area contributed by atoms with Crippen LogP contribution in [0.25, 0.3) is 0 Å². The van der Waals surface area contributed by atoms with Crippen LogP contribution in [-0.2, 0) is 19.4 Å². The summed E-state index contributed by atoms with van der Waals surface area (Å²) in [6, 6.07) is 5.02. The van der Waals surface area contributed by atoms with Gasteiger partial charge in [0.25, 0.3) is 5.91 Å². The third-order valence-electron chi connectivity index (χ3n) is 3.28. The van der Waals surface area contributed by atoms with Crippen molar-refractivity contribution in [1.29, 1.82) is 0 Å². The predicted molar refractivity (Wildman–Crippen MR) is 102 cm³/mol. The van der Waals surface area contributed by atoms with Crippen LogP contribution in [0.4, 0.5) is 5.82 Å². The third kappa shape index (κ3) is 5.55. The zero-order valence-corrected chi connectivity index (χ0v) is 17.1. The van der Waals surface area contributed by atoms with Crippen molar-refractivity contribution in [2.24, 2.45) is 0 Å². The second kappa shape index (κ2) is 8.43.